The molecule has 2 aromatic rings. The Morgan fingerprint density at radius 1 is 1.31 bits per heavy atom. The smallest absolute Gasteiger partial charge is 0.121 e. The van der Waals surface area contributed by atoms with Gasteiger partial charge in [0.25, 0.3) is 0 Å². The van der Waals surface area contributed by atoms with Crippen LogP contribution in [0, 0.1) is 13.8 Å². The highest BCUT2D eigenvalue weighted by atomic mass is 79.9. The second-order valence-electron chi connectivity index (χ2n) is 3.70. The van der Waals surface area contributed by atoms with Crippen LogP contribution < -0.4 is 4.74 Å². The van der Waals surface area contributed by atoms with E-state index in [0.29, 0.717) is 0 Å². The van der Waals surface area contributed by atoms with Gasteiger partial charge in [-0.1, -0.05) is 0 Å². The third-order valence-corrected chi connectivity index (χ3v) is 3.51. The monoisotopic (exact) mass is 280 g/mol. The van der Waals surface area contributed by atoms with Crippen molar-refractivity contribution in [2.75, 3.05) is 7.11 Å². The van der Waals surface area contributed by atoms with Gasteiger partial charge in [0.1, 0.15) is 11.4 Å². The molecule has 0 radical (unpaired) electrons. The summed E-state index contributed by atoms with van der Waals surface area (Å²) in [6.45, 7) is 4.01. The lowest BCUT2D eigenvalue weighted by Crippen LogP contribution is -1.88. The SMILES string of the molecule is COc1ccc(-c2n[nH]c(C)c2Br)cc1C. The molecule has 0 aliphatic heterocycles. The number of rotatable bonds is 2. The molecule has 1 N–H and O–H groups in total. The molecule has 0 saturated carbocycles. The summed E-state index contributed by atoms with van der Waals surface area (Å²) < 4.78 is 6.24. The molecule has 0 fully saturated rings. The zero-order valence-corrected chi connectivity index (χ0v) is 11.1. The summed E-state index contributed by atoms with van der Waals surface area (Å²) >= 11 is 3.52. The number of hydrogen-bond donors (Lipinski definition) is 1. The fraction of sp³-hybridized carbons (Fsp3) is 0.250. The summed E-state index contributed by atoms with van der Waals surface area (Å²) in [5, 5.41) is 7.22. The van der Waals surface area contributed by atoms with Gasteiger partial charge in [-0.05, 0) is 53.5 Å². The highest BCUT2D eigenvalue weighted by Crippen LogP contribution is 2.31. The van der Waals surface area contributed by atoms with E-state index in [4.69, 9.17) is 4.74 Å². The molecule has 0 aliphatic carbocycles. The minimum Gasteiger partial charge on any atom is -0.496 e. The summed E-state index contributed by atoms with van der Waals surface area (Å²) in [4.78, 5) is 0. The molecule has 0 saturated heterocycles. The normalized spacial score (nSPS) is 10.5. The summed E-state index contributed by atoms with van der Waals surface area (Å²) in [7, 11) is 1.68. The molecule has 3 nitrogen and oxygen atoms in total. The molecule has 1 aromatic heterocycles. The number of hydrogen-bond acceptors (Lipinski definition) is 2. The van der Waals surface area contributed by atoms with Crippen molar-refractivity contribution in [1.82, 2.24) is 10.2 Å². The van der Waals surface area contributed by atoms with Crippen molar-refractivity contribution in [2.45, 2.75) is 13.8 Å². The number of nitrogens with zero attached hydrogens (tertiary/aromatic N) is 1. The number of nitrogens with one attached hydrogen (secondary N) is 1. The molecule has 1 aromatic carbocycles. The number of aryl methyl sites for hydroxylation is 2. The van der Waals surface area contributed by atoms with Gasteiger partial charge in [0.15, 0.2) is 0 Å². The molecule has 2 rings (SSSR count). The summed E-state index contributed by atoms with van der Waals surface area (Å²) in [6.07, 6.45) is 0. The molecule has 16 heavy (non-hydrogen) atoms. The van der Waals surface area contributed by atoms with Crippen LogP contribution in [0.25, 0.3) is 11.3 Å². The Balaban J connectivity index is 2.49. The van der Waals surface area contributed by atoms with Crippen LogP contribution in [-0.2, 0) is 0 Å². The molecule has 4 heteroatoms. The first-order chi connectivity index (χ1) is 7.63. The van der Waals surface area contributed by atoms with Crippen molar-refractivity contribution in [3.63, 3.8) is 0 Å². The van der Waals surface area contributed by atoms with Crippen molar-refractivity contribution >= 4 is 15.9 Å². The lowest BCUT2D eigenvalue weighted by Gasteiger charge is -2.06. The Kier molecular flexibility index (Phi) is 3.01. The van der Waals surface area contributed by atoms with E-state index in [0.717, 1.165) is 32.7 Å². The van der Waals surface area contributed by atoms with Crippen molar-refractivity contribution in [2.24, 2.45) is 0 Å². The average molecular weight is 281 g/mol. The number of ether oxygens (including phenoxy) is 1. The van der Waals surface area contributed by atoms with Crippen molar-refractivity contribution in [3.05, 3.63) is 33.9 Å². The van der Waals surface area contributed by atoms with E-state index >= 15 is 0 Å². The first kappa shape index (κ1) is 11.2. The number of benzene rings is 1. The Bertz CT molecular complexity index is 520. The van der Waals surface area contributed by atoms with E-state index in [1.165, 1.54) is 0 Å². The van der Waals surface area contributed by atoms with Gasteiger partial charge in [0, 0.05) is 11.3 Å². The van der Waals surface area contributed by atoms with Crippen molar-refractivity contribution in [1.29, 1.82) is 0 Å². The molecule has 0 atom stereocenters. The van der Waals surface area contributed by atoms with Crippen LogP contribution in [-0.4, -0.2) is 17.3 Å². The maximum absolute atomic E-state index is 5.23. The van der Waals surface area contributed by atoms with E-state index in [9.17, 15) is 0 Å². The Labute approximate surface area is 103 Å². The largest absolute Gasteiger partial charge is 0.496 e. The van der Waals surface area contributed by atoms with Crippen LogP contribution in [0.4, 0.5) is 0 Å². The molecule has 84 valence electrons. The number of aromatic amines is 1. The number of methoxy groups -OCH3 is 1. The fourth-order valence-electron chi connectivity index (χ4n) is 1.63. The summed E-state index contributed by atoms with van der Waals surface area (Å²) in [5.74, 6) is 0.895. The van der Waals surface area contributed by atoms with Crippen molar-refractivity contribution < 1.29 is 4.74 Å². The first-order valence-corrected chi connectivity index (χ1v) is 5.78. The third kappa shape index (κ3) is 1.85. The lowest BCUT2D eigenvalue weighted by molar-refractivity contribution is 0.412. The zero-order valence-electron chi connectivity index (χ0n) is 9.47. The molecule has 0 bridgehead atoms. The quantitative estimate of drug-likeness (QED) is 0.915. The summed E-state index contributed by atoms with van der Waals surface area (Å²) in [6, 6.07) is 6.03. The summed E-state index contributed by atoms with van der Waals surface area (Å²) in [5.41, 5.74) is 4.15. The van der Waals surface area contributed by atoms with Gasteiger partial charge in [0.2, 0.25) is 0 Å². The molecular formula is C12H13BrN2O. The molecule has 0 amide bonds. The molecule has 0 unspecified atom stereocenters. The van der Waals surface area contributed by atoms with E-state index in [1.54, 1.807) is 7.11 Å². The van der Waals surface area contributed by atoms with Gasteiger partial charge in [-0.25, -0.2) is 0 Å². The Morgan fingerprint density at radius 2 is 2.06 bits per heavy atom. The Hall–Kier alpha value is -1.29. The van der Waals surface area contributed by atoms with Crippen molar-refractivity contribution in [3.8, 4) is 17.0 Å². The number of H-pyrrole nitrogens is 1. The predicted molar refractivity (Wildman–Crippen MR) is 67.7 cm³/mol. The highest BCUT2D eigenvalue weighted by Gasteiger charge is 2.10. The maximum atomic E-state index is 5.23. The standard InChI is InChI=1S/C12H13BrN2O/c1-7-6-9(4-5-10(7)16-3)12-11(13)8(2)14-15-12/h4-6H,1-3H3,(H,14,15). The topological polar surface area (TPSA) is 37.9 Å². The fourth-order valence-corrected chi connectivity index (χ4v) is 2.04. The number of halogens is 1. The van der Waals surface area contributed by atoms with E-state index in [-0.39, 0.29) is 0 Å². The highest BCUT2D eigenvalue weighted by molar-refractivity contribution is 9.10. The van der Waals surface area contributed by atoms with E-state index < -0.39 is 0 Å². The molecule has 1 heterocycles. The zero-order chi connectivity index (χ0) is 11.7. The molecule has 0 spiro atoms. The van der Waals surface area contributed by atoms with Crippen LogP contribution in [0.2, 0.25) is 0 Å². The molecular weight excluding hydrogens is 268 g/mol. The first-order valence-electron chi connectivity index (χ1n) is 4.99. The Morgan fingerprint density at radius 3 is 2.56 bits per heavy atom. The lowest BCUT2D eigenvalue weighted by atomic mass is 10.1. The number of aromatic nitrogens is 2. The van der Waals surface area contributed by atoms with Crippen LogP contribution in [0.3, 0.4) is 0 Å². The minimum atomic E-state index is 0.895. The van der Waals surface area contributed by atoms with Crippen LogP contribution in [0.5, 0.6) is 5.75 Å². The van der Waals surface area contributed by atoms with Gasteiger partial charge in [0.05, 0.1) is 11.6 Å². The minimum absolute atomic E-state index is 0.895. The van der Waals surface area contributed by atoms with Gasteiger partial charge in [-0.2, -0.15) is 5.10 Å². The van der Waals surface area contributed by atoms with Gasteiger partial charge >= 0.3 is 0 Å². The van der Waals surface area contributed by atoms with E-state index in [1.807, 2.05) is 26.0 Å². The van der Waals surface area contributed by atoms with Gasteiger partial charge < -0.3 is 4.74 Å². The predicted octanol–water partition coefficient (Wildman–Crippen LogP) is 3.46. The molecule has 0 aliphatic rings. The van der Waals surface area contributed by atoms with Gasteiger partial charge in [-0.3, -0.25) is 5.10 Å². The van der Waals surface area contributed by atoms with Gasteiger partial charge in [-0.15, -0.1) is 0 Å². The van der Waals surface area contributed by atoms with Crippen LogP contribution >= 0.6 is 15.9 Å². The average Bonchev–Trinajstić information content (AvgIpc) is 2.60. The third-order valence-electron chi connectivity index (χ3n) is 2.54. The second-order valence-corrected chi connectivity index (χ2v) is 4.49. The van der Waals surface area contributed by atoms with Crippen LogP contribution in [0.15, 0.2) is 22.7 Å². The second kappa shape index (κ2) is 4.29. The van der Waals surface area contributed by atoms with Crippen LogP contribution in [0.1, 0.15) is 11.3 Å². The maximum Gasteiger partial charge on any atom is 0.121 e. The van der Waals surface area contributed by atoms with E-state index in [2.05, 4.69) is 32.2 Å².